The molecule has 1 amide bonds. The summed E-state index contributed by atoms with van der Waals surface area (Å²) in [5.74, 6) is 0. The van der Waals surface area contributed by atoms with Crippen LogP contribution >= 0.6 is 0 Å². The molecule has 0 aromatic heterocycles. The van der Waals surface area contributed by atoms with Crippen molar-refractivity contribution in [3.8, 4) is 0 Å². The fourth-order valence-electron chi connectivity index (χ4n) is 3.09. The average Bonchev–Trinajstić information content (AvgIpc) is 2.54. The largest absolute Gasteiger partial charge is 0.445 e. The minimum Gasteiger partial charge on any atom is -0.445 e. The summed E-state index contributed by atoms with van der Waals surface area (Å²) in [6.07, 6.45) is 2.50. The van der Waals surface area contributed by atoms with Crippen LogP contribution in [0.25, 0.3) is 0 Å². The van der Waals surface area contributed by atoms with E-state index in [2.05, 4.69) is 37.6 Å². The van der Waals surface area contributed by atoms with Gasteiger partial charge in [0.25, 0.3) is 0 Å². The van der Waals surface area contributed by atoms with Gasteiger partial charge in [0, 0.05) is 18.5 Å². The third-order valence-electron chi connectivity index (χ3n) is 4.30. The van der Waals surface area contributed by atoms with Crippen LogP contribution in [0.2, 0.25) is 0 Å². The number of piperidine rings is 1. The van der Waals surface area contributed by atoms with E-state index in [1.54, 1.807) is 0 Å². The molecule has 0 radical (unpaired) electrons. The second-order valence-electron chi connectivity index (χ2n) is 7.50. The summed E-state index contributed by atoms with van der Waals surface area (Å²) >= 11 is 0. The minimum atomic E-state index is -0.460. The smallest absolute Gasteiger partial charge is 0.434 e. The Bertz CT molecular complexity index is 553. The van der Waals surface area contributed by atoms with Crippen molar-refractivity contribution in [2.24, 2.45) is 10.4 Å². The van der Waals surface area contributed by atoms with Gasteiger partial charge in [-0.1, -0.05) is 58.0 Å². The molecule has 0 bridgehead atoms. The molecule has 0 atom stereocenters. The van der Waals surface area contributed by atoms with Gasteiger partial charge in [-0.05, 0) is 31.4 Å². The molecule has 1 fully saturated rings. The van der Waals surface area contributed by atoms with Gasteiger partial charge in [0.1, 0.15) is 6.10 Å². The molecule has 0 spiro atoms. The first kappa shape index (κ1) is 18.7. The summed E-state index contributed by atoms with van der Waals surface area (Å²) in [7, 11) is 0. The van der Waals surface area contributed by atoms with E-state index in [1.165, 1.54) is 6.42 Å². The van der Waals surface area contributed by atoms with Crippen LogP contribution in [-0.2, 0) is 4.74 Å². The van der Waals surface area contributed by atoms with Crippen LogP contribution in [0.15, 0.2) is 35.3 Å². The summed E-state index contributed by atoms with van der Waals surface area (Å²) in [6, 6.07) is 9.87. The number of nitrogens with zero attached hydrogens (tertiary/aromatic N) is 2. The lowest BCUT2D eigenvalue weighted by Gasteiger charge is -2.31. The summed E-state index contributed by atoms with van der Waals surface area (Å²) in [5, 5.41) is 0. The first-order valence-corrected chi connectivity index (χ1v) is 8.97. The molecule has 0 saturated carbocycles. The van der Waals surface area contributed by atoms with Gasteiger partial charge in [-0.3, -0.25) is 0 Å². The highest BCUT2D eigenvalue weighted by Gasteiger charge is 2.25. The van der Waals surface area contributed by atoms with Crippen molar-refractivity contribution in [1.29, 1.82) is 0 Å². The van der Waals surface area contributed by atoms with Crippen LogP contribution in [0.5, 0.6) is 0 Å². The number of rotatable bonds is 4. The highest BCUT2D eigenvalue weighted by molar-refractivity contribution is 6.08. The van der Waals surface area contributed by atoms with Crippen LogP contribution in [0, 0.1) is 5.41 Å². The topological polar surface area (TPSA) is 41.9 Å². The van der Waals surface area contributed by atoms with Gasteiger partial charge in [0.05, 0.1) is 5.71 Å². The molecule has 1 aliphatic heterocycles. The summed E-state index contributed by atoms with van der Waals surface area (Å²) in [5.41, 5.74) is 1.53. The quantitative estimate of drug-likeness (QED) is 0.762. The van der Waals surface area contributed by atoms with E-state index in [0.717, 1.165) is 43.8 Å². The minimum absolute atomic E-state index is 0.00801. The Hall–Kier alpha value is -1.68. The lowest BCUT2D eigenvalue weighted by Crippen LogP contribution is -2.38. The summed E-state index contributed by atoms with van der Waals surface area (Å²) < 4.78 is 5.61. The molecule has 132 valence electrons. The third-order valence-corrected chi connectivity index (χ3v) is 4.30. The predicted molar refractivity (Wildman–Crippen MR) is 98.7 cm³/mol. The van der Waals surface area contributed by atoms with Gasteiger partial charge < -0.3 is 9.64 Å². The van der Waals surface area contributed by atoms with Crippen LogP contribution in [0.1, 0.15) is 52.5 Å². The number of ether oxygens (including phenoxy) is 1. The average molecular weight is 330 g/mol. The van der Waals surface area contributed by atoms with Gasteiger partial charge in [-0.25, -0.2) is 4.79 Å². The Labute approximate surface area is 145 Å². The van der Waals surface area contributed by atoms with Crippen LogP contribution in [0.3, 0.4) is 0 Å². The maximum atomic E-state index is 12.3. The fraction of sp³-hybridized carbons (Fsp3) is 0.600. The van der Waals surface area contributed by atoms with Crippen molar-refractivity contribution < 1.29 is 9.53 Å². The van der Waals surface area contributed by atoms with Gasteiger partial charge in [-0.2, -0.15) is 4.99 Å². The number of benzene rings is 1. The number of aliphatic imine (C=N–C) groups is 1. The molecule has 1 heterocycles. The molecule has 0 aliphatic carbocycles. The highest BCUT2D eigenvalue weighted by atomic mass is 16.6. The van der Waals surface area contributed by atoms with Crippen molar-refractivity contribution in [2.45, 2.75) is 53.1 Å². The lowest BCUT2D eigenvalue weighted by molar-refractivity contribution is 0.0566. The lowest BCUT2D eigenvalue weighted by atomic mass is 9.85. The van der Waals surface area contributed by atoms with Crippen molar-refractivity contribution in [2.75, 3.05) is 19.6 Å². The Kier molecular flexibility index (Phi) is 6.55. The Morgan fingerprint density at radius 2 is 1.83 bits per heavy atom. The summed E-state index contributed by atoms with van der Waals surface area (Å²) in [6.45, 7) is 11.5. The van der Waals surface area contributed by atoms with Gasteiger partial charge in [0.15, 0.2) is 0 Å². The van der Waals surface area contributed by atoms with Crippen LogP contribution in [0.4, 0.5) is 4.79 Å². The number of likely N-dealkylation sites (tertiary alicyclic amines) is 1. The molecule has 0 unspecified atom stereocenters. The predicted octanol–water partition coefficient (Wildman–Crippen LogP) is 4.53. The first-order valence-electron chi connectivity index (χ1n) is 8.97. The number of hydrogen-bond donors (Lipinski definition) is 0. The zero-order valence-corrected chi connectivity index (χ0v) is 15.4. The van der Waals surface area contributed by atoms with Gasteiger partial charge >= 0.3 is 6.09 Å². The van der Waals surface area contributed by atoms with Crippen LogP contribution in [-0.4, -0.2) is 42.4 Å². The Balaban J connectivity index is 2.01. The first-order chi connectivity index (χ1) is 11.4. The molecule has 1 saturated heterocycles. The van der Waals surface area contributed by atoms with Crippen LogP contribution < -0.4 is 0 Å². The normalized spacial score (nSPS) is 17.8. The summed E-state index contributed by atoms with van der Waals surface area (Å²) in [4.78, 5) is 19.1. The van der Waals surface area contributed by atoms with Crippen molar-refractivity contribution in [3.05, 3.63) is 35.9 Å². The molecule has 4 nitrogen and oxygen atoms in total. The third kappa shape index (κ3) is 5.45. The zero-order chi connectivity index (χ0) is 17.6. The van der Waals surface area contributed by atoms with E-state index in [-0.39, 0.29) is 11.5 Å². The number of carbonyl (C=O) groups excluding carboxylic acids is 1. The molecule has 1 aliphatic rings. The van der Waals surface area contributed by atoms with Gasteiger partial charge in [0.2, 0.25) is 0 Å². The molecular weight excluding hydrogens is 300 g/mol. The van der Waals surface area contributed by atoms with E-state index < -0.39 is 6.09 Å². The SMILES string of the molecule is CCCN1CCC(OC(=O)/N=C(\c2ccccc2)C(C)(C)C)CC1. The molecule has 0 N–H and O–H groups in total. The molecule has 24 heavy (non-hydrogen) atoms. The maximum Gasteiger partial charge on any atom is 0.434 e. The van der Waals surface area contributed by atoms with Crippen molar-refractivity contribution in [1.82, 2.24) is 4.90 Å². The Morgan fingerprint density at radius 3 is 2.38 bits per heavy atom. The maximum absolute atomic E-state index is 12.3. The van der Waals surface area contributed by atoms with Crippen molar-refractivity contribution in [3.63, 3.8) is 0 Å². The second kappa shape index (κ2) is 8.43. The molecular formula is C20H30N2O2. The number of amides is 1. The number of carbonyl (C=O) groups is 1. The second-order valence-corrected chi connectivity index (χ2v) is 7.50. The van der Waals surface area contributed by atoms with Gasteiger partial charge in [-0.15, -0.1) is 0 Å². The van der Waals surface area contributed by atoms with E-state index in [9.17, 15) is 4.79 Å². The monoisotopic (exact) mass is 330 g/mol. The molecule has 4 heteroatoms. The zero-order valence-electron chi connectivity index (χ0n) is 15.4. The Morgan fingerprint density at radius 1 is 1.21 bits per heavy atom. The van der Waals surface area contributed by atoms with E-state index in [0.29, 0.717) is 0 Å². The molecule has 1 aromatic carbocycles. The highest BCUT2D eigenvalue weighted by Crippen LogP contribution is 2.23. The molecule has 1 aromatic rings. The number of hydrogen-bond acceptors (Lipinski definition) is 3. The molecule has 2 rings (SSSR count). The fourth-order valence-corrected chi connectivity index (χ4v) is 3.09. The van der Waals surface area contributed by atoms with Crippen molar-refractivity contribution >= 4 is 11.8 Å². The van der Waals surface area contributed by atoms with E-state index in [4.69, 9.17) is 4.74 Å². The standard InChI is InChI=1S/C20H30N2O2/c1-5-13-22-14-11-17(12-15-22)24-19(23)21-18(20(2,3)4)16-9-7-6-8-10-16/h6-10,17H,5,11-15H2,1-4H3/b21-18+. The van der Waals surface area contributed by atoms with E-state index >= 15 is 0 Å². The van der Waals surface area contributed by atoms with E-state index in [1.807, 2.05) is 30.3 Å².